The minimum Gasteiger partial charge on any atom is -0.379 e. The van der Waals surface area contributed by atoms with Crippen LogP contribution in [0.15, 0.2) is 34.1 Å². The molecule has 2 fully saturated rings. The summed E-state index contributed by atoms with van der Waals surface area (Å²) in [4.78, 5) is 32.6. The fraction of sp³-hybridized carbons (Fsp3) is 0.591. The van der Waals surface area contributed by atoms with Gasteiger partial charge in [-0.1, -0.05) is 37.1 Å². The monoisotopic (exact) mass is 462 g/mol. The van der Waals surface area contributed by atoms with Crippen LogP contribution in [-0.4, -0.2) is 64.5 Å². The Kier molecular flexibility index (Phi) is 7.47. The number of amides is 1. The molecule has 7 nitrogen and oxygen atoms in total. The first kappa shape index (κ1) is 22.5. The maximum absolute atomic E-state index is 12.8. The van der Waals surface area contributed by atoms with E-state index in [1.807, 2.05) is 11.4 Å². The zero-order chi connectivity index (χ0) is 21.7. The number of carbonyl (C=O) groups is 1. The highest BCUT2D eigenvalue weighted by Gasteiger charge is 2.38. The van der Waals surface area contributed by atoms with E-state index in [2.05, 4.69) is 21.8 Å². The minimum absolute atomic E-state index is 0.0203. The number of nitrogens with zero attached hydrogens (tertiary/aromatic N) is 3. The van der Waals surface area contributed by atoms with Crippen LogP contribution in [0.5, 0.6) is 0 Å². The molecule has 168 valence electrons. The molecule has 2 aromatic heterocycles. The zero-order valence-electron chi connectivity index (χ0n) is 17.8. The van der Waals surface area contributed by atoms with Crippen molar-refractivity contribution in [2.24, 2.45) is 0 Å². The summed E-state index contributed by atoms with van der Waals surface area (Å²) in [6.07, 6.45) is 7.61. The smallest absolute Gasteiger partial charge is 0.272 e. The highest BCUT2D eigenvalue weighted by Crippen LogP contribution is 2.34. The maximum atomic E-state index is 12.8. The van der Waals surface area contributed by atoms with Gasteiger partial charge in [0, 0.05) is 31.7 Å². The molecule has 1 saturated heterocycles. The molecular weight excluding hydrogens is 432 g/mol. The lowest BCUT2D eigenvalue weighted by atomic mass is 9.79. The van der Waals surface area contributed by atoms with E-state index in [-0.39, 0.29) is 22.8 Å². The molecule has 2 aliphatic rings. The number of hydrogen-bond acceptors (Lipinski definition) is 7. The number of carbonyl (C=O) groups excluding carboxylic acids is 1. The molecule has 1 aliphatic carbocycles. The molecule has 9 heteroatoms. The van der Waals surface area contributed by atoms with Crippen LogP contribution in [0.3, 0.4) is 0 Å². The first-order valence-corrected chi connectivity index (χ1v) is 12.8. The lowest BCUT2D eigenvalue weighted by molar-refractivity contribution is -0.119. The lowest BCUT2D eigenvalue weighted by Gasteiger charge is -2.48. The number of nitrogens with one attached hydrogen (secondary N) is 1. The zero-order valence-corrected chi connectivity index (χ0v) is 19.4. The second-order valence-electron chi connectivity index (χ2n) is 8.18. The standard InChI is InChI=1S/C22H30N4O3S2/c1-2-9-26-20(28)19-17(6-14-30-19)24-21(26)31-15-18(27)23-16-22(7-4-3-5-8-22)25-10-12-29-13-11-25/h2,6,14H,1,3-5,7-13,15-16H2,(H,23,27). The summed E-state index contributed by atoms with van der Waals surface area (Å²) in [5.74, 6) is 0.214. The van der Waals surface area contributed by atoms with Crippen LogP contribution < -0.4 is 10.9 Å². The summed E-state index contributed by atoms with van der Waals surface area (Å²) in [6.45, 7) is 8.20. The van der Waals surface area contributed by atoms with Crippen molar-refractivity contribution in [1.82, 2.24) is 19.8 Å². The number of allylic oxidation sites excluding steroid dienone is 1. The molecule has 1 N–H and O–H groups in total. The Morgan fingerprint density at radius 2 is 2.10 bits per heavy atom. The largest absolute Gasteiger partial charge is 0.379 e. The highest BCUT2D eigenvalue weighted by molar-refractivity contribution is 7.99. The van der Waals surface area contributed by atoms with Gasteiger partial charge in [0.05, 0.1) is 24.5 Å². The van der Waals surface area contributed by atoms with Crippen LogP contribution in [0.2, 0.25) is 0 Å². The van der Waals surface area contributed by atoms with Gasteiger partial charge < -0.3 is 10.1 Å². The Bertz CT molecular complexity index is 975. The van der Waals surface area contributed by atoms with Crippen LogP contribution in [0.1, 0.15) is 32.1 Å². The van der Waals surface area contributed by atoms with Gasteiger partial charge in [-0.3, -0.25) is 19.1 Å². The first-order valence-electron chi connectivity index (χ1n) is 10.9. The van der Waals surface area contributed by atoms with Gasteiger partial charge in [-0.25, -0.2) is 4.98 Å². The maximum Gasteiger partial charge on any atom is 0.272 e. The molecule has 0 spiro atoms. The van der Waals surface area contributed by atoms with Crippen LogP contribution in [0.25, 0.3) is 10.2 Å². The Morgan fingerprint density at radius 3 is 2.84 bits per heavy atom. The third-order valence-corrected chi connectivity index (χ3v) is 8.12. The predicted molar refractivity (Wildman–Crippen MR) is 126 cm³/mol. The number of ether oxygens (including phenoxy) is 1. The topological polar surface area (TPSA) is 76.5 Å². The van der Waals surface area contributed by atoms with Gasteiger partial charge in [-0.05, 0) is 24.3 Å². The van der Waals surface area contributed by atoms with Crippen molar-refractivity contribution in [2.45, 2.75) is 49.3 Å². The molecule has 0 radical (unpaired) electrons. The number of rotatable bonds is 8. The molecule has 1 aliphatic heterocycles. The Hall–Kier alpha value is -1.68. The first-order chi connectivity index (χ1) is 15.1. The predicted octanol–water partition coefficient (Wildman–Crippen LogP) is 2.89. The van der Waals surface area contributed by atoms with E-state index in [9.17, 15) is 9.59 Å². The number of thiophene rings is 1. The van der Waals surface area contributed by atoms with Crippen molar-refractivity contribution in [2.75, 3.05) is 38.6 Å². The SMILES string of the molecule is C=CCn1c(SCC(=O)NCC2(N3CCOCC3)CCCCC2)nc2ccsc2c1=O. The lowest BCUT2D eigenvalue weighted by Crippen LogP contribution is -2.59. The Morgan fingerprint density at radius 1 is 1.32 bits per heavy atom. The fourth-order valence-corrected chi connectivity index (χ4v) is 6.24. The average molecular weight is 463 g/mol. The molecule has 3 heterocycles. The van der Waals surface area contributed by atoms with E-state index in [1.165, 1.54) is 42.4 Å². The molecule has 1 amide bonds. The summed E-state index contributed by atoms with van der Waals surface area (Å²) in [5.41, 5.74) is 0.657. The number of hydrogen-bond donors (Lipinski definition) is 1. The Balaban J connectivity index is 1.41. The van der Waals surface area contributed by atoms with Crippen LogP contribution in [-0.2, 0) is 16.1 Å². The number of thioether (sulfide) groups is 1. The molecule has 2 aromatic rings. The van der Waals surface area contributed by atoms with E-state index in [0.29, 0.717) is 28.5 Å². The van der Waals surface area contributed by atoms with Crippen molar-refractivity contribution in [3.05, 3.63) is 34.5 Å². The average Bonchev–Trinajstić information content (AvgIpc) is 3.28. The van der Waals surface area contributed by atoms with Gasteiger partial charge >= 0.3 is 0 Å². The van der Waals surface area contributed by atoms with Gasteiger partial charge in [-0.2, -0.15) is 0 Å². The summed E-state index contributed by atoms with van der Waals surface area (Å²) in [5, 5.41) is 5.61. The fourth-order valence-electron chi connectivity index (χ4n) is 4.62. The van der Waals surface area contributed by atoms with Gasteiger partial charge in [0.15, 0.2) is 5.16 Å². The molecule has 4 rings (SSSR count). The molecule has 0 bridgehead atoms. The normalized spacial score (nSPS) is 19.4. The number of morpholine rings is 1. The van der Waals surface area contributed by atoms with E-state index in [0.717, 1.165) is 39.1 Å². The molecular formula is C22H30N4O3S2. The number of fused-ring (bicyclic) bond motifs is 1. The summed E-state index contributed by atoms with van der Waals surface area (Å²) >= 11 is 2.70. The van der Waals surface area contributed by atoms with E-state index >= 15 is 0 Å². The molecule has 0 unspecified atom stereocenters. The summed E-state index contributed by atoms with van der Waals surface area (Å²) in [6, 6.07) is 1.85. The van der Waals surface area contributed by atoms with Crippen LogP contribution >= 0.6 is 23.1 Å². The van der Waals surface area contributed by atoms with E-state index in [1.54, 1.807) is 10.6 Å². The van der Waals surface area contributed by atoms with E-state index < -0.39 is 0 Å². The van der Waals surface area contributed by atoms with Crippen molar-refractivity contribution in [1.29, 1.82) is 0 Å². The second kappa shape index (κ2) is 10.3. The third-order valence-electron chi connectivity index (χ3n) is 6.26. The summed E-state index contributed by atoms with van der Waals surface area (Å²) < 4.78 is 7.78. The van der Waals surface area contributed by atoms with Gasteiger partial charge in [0.1, 0.15) is 4.70 Å². The Labute approximate surface area is 190 Å². The second-order valence-corrected chi connectivity index (χ2v) is 10.0. The van der Waals surface area contributed by atoms with E-state index in [4.69, 9.17) is 4.74 Å². The minimum atomic E-state index is -0.0729. The molecule has 31 heavy (non-hydrogen) atoms. The molecule has 1 saturated carbocycles. The van der Waals surface area contributed by atoms with Crippen molar-refractivity contribution >= 4 is 39.2 Å². The van der Waals surface area contributed by atoms with Crippen LogP contribution in [0, 0.1) is 0 Å². The van der Waals surface area contributed by atoms with Crippen molar-refractivity contribution in [3.8, 4) is 0 Å². The number of aromatic nitrogens is 2. The summed E-state index contributed by atoms with van der Waals surface area (Å²) in [7, 11) is 0. The van der Waals surface area contributed by atoms with Gasteiger partial charge in [0.25, 0.3) is 5.56 Å². The third kappa shape index (κ3) is 5.05. The quantitative estimate of drug-likeness (QED) is 0.369. The highest BCUT2D eigenvalue weighted by atomic mass is 32.2. The van der Waals surface area contributed by atoms with Gasteiger partial charge in [-0.15, -0.1) is 17.9 Å². The molecule has 0 aromatic carbocycles. The van der Waals surface area contributed by atoms with Crippen molar-refractivity contribution < 1.29 is 9.53 Å². The van der Waals surface area contributed by atoms with Crippen LogP contribution in [0.4, 0.5) is 0 Å². The molecule has 0 atom stereocenters. The van der Waals surface area contributed by atoms with Crippen molar-refractivity contribution in [3.63, 3.8) is 0 Å². The van der Waals surface area contributed by atoms with Gasteiger partial charge in [0.2, 0.25) is 5.91 Å².